The first-order valence-electron chi connectivity index (χ1n) is 3.09. The normalized spacial score (nSPS) is 14.0. The fraction of sp³-hybridized carbons (Fsp3) is 0.833. The van der Waals surface area contributed by atoms with Gasteiger partial charge in [0.15, 0.2) is 6.40 Å². The second-order valence-electron chi connectivity index (χ2n) is 1.59. The Labute approximate surface area is 55.4 Å². The van der Waals surface area contributed by atoms with Gasteiger partial charge in [-0.1, -0.05) is 6.92 Å². The van der Waals surface area contributed by atoms with Gasteiger partial charge in [0.25, 0.3) is 0 Å². The van der Waals surface area contributed by atoms with Crippen molar-refractivity contribution in [2.45, 2.75) is 13.3 Å². The van der Waals surface area contributed by atoms with E-state index in [4.69, 9.17) is 0 Å². The van der Waals surface area contributed by atoms with E-state index in [-0.39, 0.29) is 6.61 Å². The molecule has 53 valence electrons. The topological polar surface area (TPSA) is 41.5 Å². The van der Waals surface area contributed by atoms with Crippen molar-refractivity contribution in [2.75, 3.05) is 19.8 Å². The van der Waals surface area contributed by atoms with Crippen LogP contribution in [0.1, 0.15) is 13.3 Å². The molecule has 0 atom stereocenters. The Morgan fingerprint density at radius 2 is 2.44 bits per heavy atom. The summed E-state index contributed by atoms with van der Waals surface area (Å²) in [5.74, 6) is 0. The maximum atomic E-state index is 9.30. The van der Waals surface area contributed by atoms with Crippen molar-refractivity contribution < 1.29 is 9.84 Å². The van der Waals surface area contributed by atoms with Gasteiger partial charge in [0.2, 0.25) is 0 Å². The summed E-state index contributed by atoms with van der Waals surface area (Å²) in [4.78, 5) is 3.74. The highest BCUT2D eigenvalue weighted by Gasteiger charge is 1.84. The fourth-order valence-electron chi connectivity index (χ4n) is 0.264. The second kappa shape index (κ2) is 7.43. The molecule has 0 unspecified atom stereocenters. The third-order valence-electron chi connectivity index (χ3n) is 0.691. The number of aliphatic imine (C=N–C) groups is 1. The van der Waals surface area contributed by atoms with Crippen LogP contribution in [0.2, 0.25) is 0 Å². The van der Waals surface area contributed by atoms with Gasteiger partial charge >= 0.3 is 0 Å². The summed E-state index contributed by atoms with van der Waals surface area (Å²) < 4.78 is 4.65. The Bertz CT molecular complexity index is 65.5. The molecule has 1 heterocycles. The zero-order valence-corrected chi connectivity index (χ0v) is 5.67. The first-order chi connectivity index (χ1) is 4.41. The van der Waals surface area contributed by atoms with Gasteiger partial charge in [-0.25, -0.2) is 5.11 Å². The predicted octanol–water partition coefficient (Wildman–Crippen LogP) is 0.872. The molecule has 0 saturated carbocycles. The van der Waals surface area contributed by atoms with Crippen LogP contribution in [-0.4, -0.2) is 26.2 Å². The summed E-state index contributed by atoms with van der Waals surface area (Å²) >= 11 is 0. The highest BCUT2D eigenvalue weighted by atomic mass is 16.5. The van der Waals surface area contributed by atoms with E-state index >= 15 is 0 Å². The van der Waals surface area contributed by atoms with E-state index in [1.807, 2.05) is 6.92 Å². The van der Waals surface area contributed by atoms with Crippen molar-refractivity contribution in [3.8, 4) is 0 Å². The van der Waals surface area contributed by atoms with E-state index in [2.05, 4.69) is 9.73 Å². The Hall–Kier alpha value is -0.570. The first-order valence-corrected chi connectivity index (χ1v) is 3.09. The number of hydrogen-bond donors (Lipinski definition) is 0. The quantitative estimate of drug-likeness (QED) is 0.519. The maximum Gasteiger partial charge on any atom is 0.169 e. The molecule has 9 heavy (non-hydrogen) atoms. The molecule has 0 saturated heterocycles. The van der Waals surface area contributed by atoms with E-state index < -0.39 is 0 Å². The van der Waals surface area contributed by atoms with Gasteiger partial charge in [-0.05, 0) is 6.42 Å². The summed E-state index contributed by atoms with van der Waals surface area (Å²) in [6, 6.07) is 0. The van der Waals surface area contributed by atoms with Crippen LogP contribution in [0, 0.1) is 0 Å². The lowest BCUT2D eigenvalue weighted by Crippen LogP contribution is -1.80. The Balaban J connectivity index is 0.000000148. The van der Waals surface area contributed by atoms with Crippen LogP contribution in [0.5, 0.6) is 0 Å². The smallest absolute Gasteiger partial charge is 0.169 e. The molecular formula is C6H12NO2. The number of hydrogen-bond acceptors (Lipinski definition) is 2. The molecule has 0 aromatic carbocycles. The van der Waals surface area contributed by atoms with Crippen molar-refractivity contribution in [3.63, 3.8) is 0 Å². The first kappa shape index (κ1) is 8.43. The second-order valence-corrected chi connectivity index (χ2v) is 1.59. The molecule has 0 fully saturated rings. The predicted molar refractivity (Wildman–Crippen MR) is 35.2 cm³/mol. The van der Waals surface area contributed by atoms with Gasteiger partial charge in [-0.2, -0.15) is 0 Å². The molecule has 1 radical (unpaired) electrons. The van der Waals surface area contributed by atoms with E-state index in [1.54, 1.807) is 0 Å². The Morgan fingerprint density at radius 1 is 1.78 bits per heavy atom. The molecule has 0 spiro atoms. The van der Waals surface area contributed by atoms with Crippen molar-refractivity contribution in [1.29, 1.82) is 0 Å². The lowest BCUT2D eigenvalue weighted by atomic mass is 10.5. The molecule has 0 aromatic heterocycles. The molecule has 3 heteroatoms. The molecule has 1 aliphatic rings. The SMILES string of the molecule is C1=NCCO1.CCC[O]. The average Bonchev–Trinajstić information content (AvgIpc) is 2.43. The van der Waals surface area contributed by atoms with Gasteiger partial charge in [0.05, 0.1) is 13.2 Å². The number of nitrogens with zero attached hydrogens (tertiary/aromatic N) is 1. The molecule has 0 bridgehead atoms. The Morgan fingerprint density at radius 3 is 2.56 bits per heavy atom. The molecule has 1 aliphatic heterocycles. The summed E-state index contributed by atoms with van der Waals surface area (Å²) in [6.45, 7) is 3.56. The van der Waals surface area contributed by atoms with E-state index in [0.717, 1.165) is 19.6 Å². The van der Waals surface area contributed by atoms with Crippen molar-refractivity contribution >= 4 is 6.40 Å². The molecule has 1 rings (SSSR count). The van der Waals surface area contributed by atoms with Crippen LogP contribution in [0.3, 0.4) is 0 Å². The molecule has 0 amide bonds. The van der Waals surface area contributed by atoms with Crippen LogP contribution in [0.15, 0.2) is 4.99 Å². The van der Waals surface area contributed by atoms with E-state index in [0.29, 0.717) is 0 Å². The maximum absolute atomic E-state index is 9.30. The summed E-state index contributed by atoms with van der Waals surface area (Å²) in [5, 5.41) is 9.30. The molecule has 0 aliphatic carbocycles. The van der Waals surface area contributed by atoms with Crippen molar-refractivity contribution in [2.24, 2.45) is 4.99 Å². The number of ether oxygens (including phenoxy) is 1. The minimum Gasteiger partial charge on any atom is -0.482 e. The van der Waals surface area contributed by atoms with E-state index in [9.17, 15) is 5.11 Å². The Kier molecular flexibility index (Phi) is 6.96. The van der Waals surface area contributed by atoms with Crippen LogP contribution >= 0.6 is 0 Å². The van der Waals surface area contributed by atoms with E-state index in [1.165, 1.54) is 6.40 Å². The van der Waals surface area contributed by atoms with Gasteiger partial charge in [-0.3, -0.25) is 4.99 Å². The van der Waals surface area contributed by atoms with Crippen LogP contribution in [-0.2, 0) is 9.84 Å². The van der Waals surface area contributed by atoms with Crippen LogP contribution in [0.25, 0.3) is 0 Å². The fourth-order valence-corrected chi connectivity index (χ4v) is 0.264. The third kappa shape index (κ3) is 7.43. The van der Waals surface area contributed by atoms with Gasteiger partial charge in [0.1, 0.15) is 6.61 Å². The van der Waals surface area contributed by atoms with Crippen LogP contribution < -0.4 is 0 Å². The largest absolute Gasteiger partial charge is 0.482 e. The average molecular weight is 130 g/mol. The lowest BCUT2D eigenvalue weighted by Gasteiger charge is -1.76. The molecule has 3 nitrogen and oxygen atoms in total. The highest BCUT2D eigenvalue weighted by molar-refractivity contribution is 5.47. The minimum absolute atomic E-state index is 0.0694. The molecule has 0 aromatic rings. The summed E-state index contributed by atoms with van der Waals surface area (Å²) in [6.07, 6.45) is 2.25. The van der Waals surface area contributed by atoms with Crippen molar-refractivity contribution in [3.05, 3.63) is 0 Å². The summed E-state index contributed by atoms with van der Waals surface area (Å²) in [7, 11) is 0. The zero-order valence-electron chi connectivity index (χ0n) is 5.67. The zero-order chi connectivity index (χ0) is 6.95. The lowest BCUT2D eigenvalue weighted by molar-refractivity contribution is 0.193. The third-order valence-corrected chi connectivity index (χ3v) is 0.691. The van der Waals surface area contributed by atoms with Gasteiger partial charge in [-0.15, -0.1) is 0 Å². The highest BCUT2D eigenvalue weighted by Crippen LogP contribution is 1.78. The molecule has 0 N–H and O–H groups in total. The van der Waals surface area contributed by atoms with Gasteiger partial charge < -0.3 is 4.74 Å². The monoisotopic (exact) mass is 130 g/mol. The molecular weight excluding hydrogens is 118 g/mol. The van der Waals surface area contributed by atoms with Gasteiger partial charge in [0, 0.05) is 0 Å². The standard InChI is InChI=1S/C3H5NO.C3H7O/c1-2-5-3-4-1;1-2-3-4/h3H,1-2H2;2-3H2,1H3. The number of rotatable bonds is 1. The van der Waals surface area contributed by atoms with Crippen LogP contribution in [0.4, 0.5) is 0 Å². The van der Waals surface area contributed by atoms with Crippen molar-refractivity contribution in [1.82, 2.24) is 0 Å². The summed E-state index contributed by atoms with van der Waals surface area (Å²) in [5.41, 5.74) is 0. The minimum atomic E-state index is 0.0694.